The highest BCUT2D eigenvalue weighted by atomic mass is 35.5. The average Bonchev–Trinajstić information content (AvgIpc) is 2.78. The van der Waals surface area contributed by atoms with Crippen molar-refractivity contribution in [2.24, 2.45) is 17.8 Å². The first-order valence-electron chi connectivity index (χ1n) is 10.9. The van der Waals surface area contributed by atoms with E-state index in [2.05, 4.69) is 29.7 Å². The van der Waals surface area contributed by atoms with E-state index in [0.29, 0.717) is 17.1 Å². The molecule has 0 aromatic heterocycles. The largest absolute Gasteiger partial charge is 0.348 e. The second kappa shape index (κ2) is 9.93. The van der Waals surface area contributed by atoms with Gasteiger partial charge in [0.1, 0.15) is 0 Å². The molecule has 1 fully saturated rings. The first-order chi connectivity index (χ1) is 15.5. The number of carbonyl (C=O) groups is 2. The van der Waals surface area contributed by atoms with Gasteiger partial charge in [-0.3, -0.25) is 9.59 Å². The van der Waals surface area contributed by atoms with Gasteiger partial charge in [-0.25, -0.2) is 0 Å². The lowest BCUT2D eigenvalue weighted by Gasteiger charge is -2.41. The van der Waals surface area contributed by atoms with Crippen molar-refractivity contribution in [2.75, 3.05) is 5.32 Å². The van der Waals surface area contributed by atoms with Crippen LogP contribution in [0.15, 0.2) is 71.8 Å². The third kappa shape index (κ3) is 4.92. The minimum absolute atomic E-state index is 0.00458. The second-order valence-corrected chi connectivity index (χ2v) is 9.28. The third-order valence-corrected chi connectivity index (χ3v) is 6.86. The number of anilines is 1. The number of nitrogens with one attached hydrogen (secondary N) is 2. The maximum atomic E-state index is 13.7. The Hall–Kier alpha value is -2.56. The van der Waals surface area contributed by atoms with Gasteiger partial charge in [0.05, 0.1) is 12.0 Å². The molecular weight excluding hydrogens is 443 g/mol. The first kappa shape index (κ1) is 22.6. The van der Waals surface area contributed by atoms with Gasteiger partial charge in [-0.1, -0.05) is 72.6 Å². The van der Waals surface area contributed by atoms with Crippen molar-refractivity contribution in [3.8, 4) is 0 Å². The van der Waals surface area contributed by atoms with Gasteiger partial charge < -0.3 is 10.6 Å². The Kier molecular flexibility index (Phi) is 7.02. The van der Waals surface area contributed by atoms with Crippen LogP contribution in [0.25, 0.3) is 0 Å². The van der Waals surface area contributed by atoms with E-state index in [9.17, 15) is 9.59 Å². The highest BCUT2D eigenvalue weighted by Crippen LogP contribution is 2.43. The van der Waals surface area contributed by atoms with E-state index >= 15 is 0 Å². The summed E-state index contributed by atoms with van der Waals surface area (Å²) >= 11 is 12.5. The predicted octanol–water partition coefficient (Wildman–Crippen LogP) is 6.03. The zero-order chi connectivity index (χ0) is 22.7. The molecule has 0 radical (unpaired) electrons. The van der Waals surface area contributed by atoms with E-state index < -0.39 is 12.0 Å². The van der Waals surface area contributed by atoms with Crippen LogP contribution in [0.1, 0.15) is 36.9 Å². The minimum atomic E-state index is -0.461. The molecule has 2 amide bonds. The zero-order valence-corrected chi connectivity index (χ0v) is 19.4. The Labute approximate surface area is 198 Å². The number of allylic oxidation sites excluding steroid dienone is 4. The Morgan fingerprint density at radius 1 is 1.12 bits per heavy atom. The molecule has 4 nitrogen and oxygen atoms in total. The molecule has 2 N–H and O–H groups in total. The highest BCUT2D eigenvalue weighted by molar-refractivity contribution is 6.31. The van der Waals surface area contributed by atoms with Crippen molar-refractivity contribution in [3.63, 3.8) is 0 Å². The van der Waals surface area contributed by atoms with Gasteiger partial charge in [0.2, 0.25) is 11.8 Å². The summed E-state index contributed by atoms with van der Waals surface area (Å²) in [6, 6.07) is 14.7. The lowest BCUT2D eigenvalue weighted by molar-refractivity contribution is -0.132. The van der Waals surface area contributed by atoms with Crippen LogP contribution < -0.4 is 10.6 Å². The number of hydrogen-bond donors (Lipinski definition) is 2. The van der Waals surface area contributed by atoms with Crippen molar-refractivity contribution < 1.29 is 9.59 Å². The standard InChI is InChI=1S/C26H26Cl2N2O2/c1-2-16-7-3-4-12-21(16)25-24(26(32)29-20-11-6-10-19(28)14-20)22(15-23(31)30-25)17-8-5-9-18(27)13-17/h3-12,14,17,22,24-25H,2,13,15H2,1H3,(H,29,32)(H,30,31)/t17?,22-,24?,25-/m0/s1. The normalized spacial score (nSPS) is 25.1. The fraction of sp³-hybridized carbons (Fsp3) is 0.308. The molecule has 2 unspecified atom stereocenters. The molecule has 2 aliphatic rings. The summed E-state index contributed by atoms with van der Waals surface area (Å²) in [6.45, 7) is 2.08. The number of benzene rings is 2. The summed E-state index contributed by atoms with van der Waals surface area (Å²) < 4.78 is 0. The van der Waals surface area contributed by atoms with E-state index in [1.165, 1.54) is 0 Å². The minimum Gasteiger partial charge on any atom is -0.348 e. The van der Waals surface area contributed by atoms with Gasteiger partial charge in [0, 0.05) is 22.2 Å². The lowest BCUT2D eigenvalue weighted by Crippen LogP contribution is -2.50. The van der Waals surface area contributed by atoms with E-state index in [-0.39, 0.29) is 30.1 Å². The molecule has 2 aromatic carbocycles. The summed E-state index contributed by atoms with van der Waals surface area (Å²) in [5, 5.41) is 7.45. The van der Waals surface area contributed by atoms with E-state index in [4.69, 9.17) is 23.2 Å². The van der Waals surface area contributed by atoms with Gasteiger partial charge in [-0.15, -0.1) is 0 Å². The number of rotatable bonds is 5. The Morgan fingerprint density at radius 3 is 2.69 bits per heavy atom. The summed E-state index contributed by atoms with van der Waals surface area (Å²) in [5.41, 5.74) is 2.75. The molecule has 166 valence electrons. The fourth-order valence-corrected chi connectivity index (χ4v) is 5.30. The summed E-state index contributed by atoms with van der Waals surface area (Å²) in [7, 11) is 0. The maximum Gasteiger partial charge on any atom is 0.230 e. The van der Waals surface area contributed by atoms with Crippen LogP contribution in [-0.2, 0) is 16.0 Å². The number of carbonyl (C=O) groups excluding carboxylic acids is 2. The quantitative estimate of drug-likeness (QED) is 0.562. The van der Waals surface area contributed by atoms with Crippen molar-refractivity contribution >= 4 is 40.7 Å². The molecule has 4 atom stereocenters. The average molecular weight is 469 g/mol. The number of hydrogen-bond acceptors (Lipinski definition) is 2. The zero-order valence-electron chi connectivity index (χ0n) is 17.9. The molecule has 0 spiro atoms. The van der Waals surface area contributed by atoms with Gasteiger partial charge in [0.25, 0.3) is 0 Å². The molecule has 4 rings (SSSR count). The van der Waals surface area contributed by atoms with Crippen molar-refractivity contribution in [3.05, 3.63) is 87.9 Å². The molecule has 32 heavy (non-hydrogen) atoms. The van der Waals surface area contributed by atoms with Gasteiger partial charge in [0.15, 0.2) is 0 Å². The van der Waals surface area contributed by atoms with E-state index in [1.807, 2.05) is 36.4 Å². The number of piperidine rings is 1. The molecule has 1 saturated heterocycles. The van der Waals surface area contributed by atoms with Gasteiger partial charge in [-0.2, -0.15) is 0 Å². The summed E-state index contributed by atoms with van der Waals surface area (Å²) in [6.07, 6.45) is 7.57. The Morgan fingerprint density at radius 2 is 1.94 bits per heavy atom. The number of aryl methyl sites for hydroxylation is 1. The van der Waals surface area contributed by atoms with Gasteiger partial charge in [-0.05, 0) is 60.1 Å². The van der Waals surface area contributed by atoms with E-state index in [0.717, 1.165) is 22.6 Å². The first-order valence-corrected chi connectivity index (χ1v) is 11.7. The van der Waals surface area contributed by atoms with Crippen LogP contribution in [0.2, 0.25) is 5.02 Å². The molecule has 0 bridgehead atoms. The molecule has 6 heteroatoms. The van der Waals surface area contributed by atoms with E-state index in [1.54, 1.807) is 18.2 Å². The van der Waals surface area contributed by atoms with Crippen molar-refractivity contribution in [2.45, 2.75) is 32.2 Å². The van der Waals surface area contributed by atoms with Crippen LogP contribution in [0.3, 0.4) is 0 Å². The SMILES string of the molecule is CCc1ccccc1[C@@H]1NC(=O)C[C@@H](C2C=CC=C(Cl)C2)C1C(=O)Nc1cccc(Cl)c1. The second-order valence-electron chi connectivity index (χ2n) is 8.36. The lowest BCUT2D eigenvalue weighted by atomic mass is 9.69. The molecule has 2 aromatic rings. The number of halogens is 2. The molecular formula is C26H26Cl2N2O2. The predicted molar refractivity (Wildman–Crippen MR) is 130 cm³/mol. The van der Waals surface area contributed by atoms with Crippen LogP contribution >= 0.6 is 23.2 Å². The summed E-state index contributed by atoms with van der Waals surface area (Å²) in [4.78, 5) is 26.5. The Bertz CT molecular complexity index is 1080. The fourth-order valence-electron chi connectivity index (χ4n) is 4.85. The maximum absolute atomic E-state index is 13.7. The monoisotopic (exact) mass is 468 g/mol. The van der Waals surface area contributed by atoms with Gasteiger partial charge >= 0.3 is 0 Å². The van der Waals surface area contributed by atoms with Crippen molar-refractivity contribution in [1.82, 2.24) is 5.32 Å². The van der Waals surface area contributed by atoms with Crippen LogP contribution in [-0.4, -0.2) is 11.8 Å². The summed E-state index contributed by atoms with van der Waals surface area (Å²) in [5.74, 6) is -0.817. The third-order valence-electron chi connectivity index (χ3n) is 6.34. The molecule has 0 saturated carbocycles. The molecule has 1 aliphatic heterocycles. The molecule has 1 aliphatic carbocycles. The Balaban J connectivity index is 1.74. The van der Waals surface area contributed by atoms with Crippen LogP contribution in [0, 0.1) is 17.8 Å². The number of amides is 2. The van der Waals surface area contributed by atoms with Crippen LogP contribution in [0.4, 0.5) is 5.69 Å². The smallest absolute Gasteiger partial charge is 0.230 e. The highest BCUT2D eigenvalue weighted by Gasteiger charge is 2.45. The van der Waals surface area contributed by atoms with Crippen LogP contribution in [0.5, 0.6) is 0 Å². The molecule has 1 heterocycles. The topological polar surface area (TPSA) is 58.2 Å². The van der Waals surface area contributed by atoms with Crippen molar-refractivity contribution in [1.29, 1.82) is 0 Å².